The molecule has 0 aliphatic heterocycles. The van der Waals surface area contributed by atoms with Crippen LogP contribution in [0.1, 0.15) is 22.9 Å². The van der Waals surface area contributed by atoms with Gasteiger partial charge in [-0.2, -0.15) is 22.0 Å². The van der Waals surface area contributed by atoms with E-state index in [2.05, 4.69) is 15.5 Å². The van der Waals surface area contributed by atoms with Crippen molar-refractivity contribution < 1.29 is 22.0 Å². The van der Waals surface area contributed by atoms with Gasteiger partial charge in [0.25, 0.3) is 0 Å². The van der Waals surface area contributed by atoms with Gasteiger partial charge in [0.15, 0.2) is 5.01 Å². The summed E-state index contributed by atoms with van der Waals surface area (Å²) in [5.41, 5.74) is 0. The van der Waals surface area contributed by atoms with Crippen molar-refractivity contribution in [1.29, 1.82) is 0 Å². The first-order chi connectivity index (χ1) is 7.80. The topological polar surface area (TPSA) is 37.8 Å². The third kappa shape index (κ3) is 2.71. The van der Waals surface area contributed by atoms with Crippen LogP contribution in [-0.4, -0.2) is 22.4 Å². The minimum Gasteiger partial charge on any atom is -0.308 e. The monoisotopic (exact) mass is 273 g/mol. The van der Waals surface area contributed by atoms with Crippen LogP contribution in [0.15, 0.2) is 0 Å². The fourth-order valence-corrected chi connectivity index (χ4v) is 1.88. The summed E-state index contributed by atoms with van der Waals surface area (Å²) in [6, 6.07) is 0.325. The van der Waals surface area contributed by atoms with Gasteiger partial charge in [0.1, 0.15) is 5.01 Å². The average Bonchev–Trinajstić information content (AvgIpc) is 2.90. The highest BCUT2D eigenvalue weighted by Gasteiger charge is 2.61. The molecule has 0 spiro atoms. The van der Waals surface area contributed by atoms with E-state index in [1.807, 2.05) is 0 Å². The van der Waals surface area contributed by atoms with E-state index < -0.39 is 17.1 Å². The van der Waals surface area contributed by atoms with Gasteiger partial charge < -0.3 is 5.32 Å². The van der Waals surface area contributed by atoms with Crippen molar-refractivity contribution in [3.63, 3.8) is 0 Å². The molecular formula is C8H8F5N3S. The SMILES string of the molecule is FC(F)(F)C(F)(F)c1nnc(CNC2CC2)s1. The van der Waals surface area contributed by atoms with E-state index in [0.717, 1.165) is 12.8 Å². The molecule has 9 heteroatoms. The zero-order valence-electron chi connectivity index (χ0n) is 8.39. The van der Waals surface area contributed by atoms with Gasteiger partial charge in [-0.15, -0.1) is 10.2 Å². The van der Waals surface area contributed by atoms with E-state index in [0.29, 0.717) is 6.04 Å². The minimum atomic E-state index is -5.63. The van der Waals surface area contributed by atoms with Crippen LogP contribution in [0.5, 0.6) is 0 Å². The molecule has 1 aromatic heterocycles. The molecule has 1 heterocycles. The first-order valence-electron chi connectivity index (χ1n) is 4.81. The smallest absolute Gasteiger partial charge is 0.308 e. The van der Waals surface area contributed by atoms with E-state index >= 15 is 0 Å². The van der Waals surface area contributed by atoms with E-state index in [1.165, 1.54) is 0 Å². The molecular weight excluding hydrogens is 265 g/mol. The van der Waals surface area contributed by atoms with Crippen molar-refractivity contribution in [3.05, 3.63) is 10.0 Å². The van der Waals surface area contributed by atoms with Crippen LogP contribution >= 0.6 is 11.3 Å². The lowest BCUT2D eigenvalue weighted by atomic mass is 10.3. The lowest BCUT2D eigenvalue weighted by Gasteiger charge is -2.15. The van der Waals surface area contributed by atoms with Gasteiger partial charge in [-0.25, -0.2) is 0 Å². The van der Waals surface area contributed by atoms with Crippen LogP contribution in [0.4, 0.5) is 22.0 Å². The van der Waals surface area contributed by atoms with Gasteiger partial charge in [-0.3, -0.25) is 0 Å². The zero-order valence-corrected chi connectivity index (χ0v) is 9.21. The van der Waals surface area contributed by atoms with E-state index in [9.17, 15) is 22.0 Å². The summed E-state index contributed by atoms with van der Waals surface area (Å²) in [6.07, 6.45) is -3.65. The number of nitrogens with one attached hydrogen (secondary N) is 1. The zero-order chi connectivity index (χ0) is 12.7. The number of rotatable bonds is 4. The largest absolute Gasteiger partial charge is 0.460 e. The minimum absolute atomic E-state index is 0.135. The maximum atomic E-state index is 12.8. The Balaban J connectivity index is 2.05. The molecule has 1 aliphatic carbocycles. The van der Waals surface area contributed by atoms with Crippen LogP contribution in [0.25, 0.3) is 0 Å². The number of hydrogen-bond acceptors (Lipinski definition) is 4. The lowest BCUT2D eigenvalue weighted by molar-refractivity contribution is -0.289. The Kier molecular flexibility index (Phi) is 3.06. The predicted molar refractivity (Wildman–Crippen MR) is 49.7 cm³/mol. The van der Waals surface area contributed by atoms with Crippen LogP contribution in [0, 0.1) is 0 Å². The predicted octanol–water partition coefficient (Wildman–Crippen LogP) is 2.44. The molecule has 1 N–H and O–H groups in total. The van der Waals surface area contributed by atoms with Crippen LogP contribution in [0.2, 0.25) is 0 Å². The first-order valence-corrected chi connectivity index (χ1v) is 5.63. The number of nitrogens with zero attached hydrogens (tertiary/aromatic N) is 2. The Morgan fingerprint density at radius 2 is 1.82 bits per heavy atom. The summed E-state index contributed by atoms with van der Waals surface area (Å²) < 4.78 is 61.8. The summed E-state index contributed by atoms with van der Waals surface area (Å²) >= 11 is 0.282. The molecule has 0 amide bonds. The summed E-state index contributed by atoms with van der Waals surface area (Å²) in [4.78, 5) is 0. The van der Waals surface area contributed by atoms with Gasteiger partial charge >= 0.3 is 12.1 Å². The van der Waals surface area contributed by atoms with Gasteiger partial charge in [-0.1, -0.05) is 11.3 Å². The van der Waals surface area contributed by atoms with Crippen molar-refractivity contribution in [1.82, 2.24) is 15.5 Å². The number of alkyl halides is 5. The molecule has 1 aliphatic rings. The molecule has 1 saturated carbocycles. The molecule has 2 rings (SSSR count). The molecule has 1 aromatic rings. The third-order valence-corrected chi connectivity index (χ3v) is 3.20. The Morgan fingerprint density at radius 3 is 2.35 bits per heavy atom. The highest BCUT2D eigenvalue weighted by molar-refractivity contribution is 7.11. The lowest BCUT2D eigenvalue weighted by Crippen LogP contribution is -2.33. The Bertz CT molecular complexity index is 398. The summed E-state index contributed by atoms with van der Waals surface area (Å²) in [7, 11) is 0. The molecule has 96 valence electrons. The Labute approximate surface area is 97.0 Å². The molecule has 17 heavy (non-hydrogen) atoms. The summed E-state index contributed by atoms with van der Waals surface area (Å²) in [6.45, 7) is 0.177. The van der Waals surface area contributed by atoms with Crippen molar-refractivity contribution in [2.24, 2.45) is 0 Å². The van der Waals surface area contributed by atoms with Gasteiger partial charge in [0.05, 0.1) is 0 Å². The molecule has 0 bridgehead atoms. The number of hydrogen-bond donors (Lipinski definition) is 1. The van der Waals surface area contributed by atoms with Crippen molar-refractivity contribution in [2.75, 3.05) is 0 Å². The summed E-state index contributed by atoms with van der Waals surface area (Å²) in [5.74, 6) is -4.93. The summed E-state index contributed by atoms with van der Waals surface area (Å²) in [5, 5.41) is 8.02. The molecule has 1 fully saturated rings. The van der Waals surface area contributed by atoms with E-state index in [4.69, 9.17) is 0 Å². The fourth-order valence-electron chi connectivity index (χ4n) is 1.09. The van der Waals surface area contributed by atoms with Gasteiger partial charge in [0, 0.05) is 12.6 Å². The number of aromatic nitrogens is 2. The first kappa shape index (κ1) is 12.6. The molecule has 0 unspecified atom stereocenters. The Hall–Kier alpha value is -0.830. The average molecular weight is 273 g/mol. The normalized spacial score (nSPS) is 17.5. The van der Waals surface area contributed by atoms with Crippen LogP contribution in [-0.2, 0) is 12.5 Å². The quantitative estimate of drug-likeness (QED) is 0.856. The van der Waals surface area contributed by atoms with Crippen LogP contribution < -0.4 is 5.32 Å². The fraction of sp³-hybridized carbons (Fsp3) is 0.750. The van der Waals surface area contributed by atoms with Gasteiger partial charge in [-0.05, 0) is 12.8 Å². The third-order valence-electron chi connectivity index (χ3n) is 2.21. The molecule has 3 nitrogen and oxygen atoms in total. The van der Waals surface area contributed by atoms with Crippen LogP contribution in [0.3, 0.4) is 0 Å². The maximum Gasteiger partial charge on any atom is 0.460 e. The highest BCUT2D eigenvalue weighted by Crippen LogP contribution is 2.44. The Morgan fingerprint density at radius 1 is 1.18 bits per heavy atom. The molecule has 0 aromatic carbocycles. The van der Waals surface area contributed by atoms with Crippen molar-refractivity contribution in [2.45, 2.75) is 37.5 Å². The molecule has 0 saturated heterocycles. The van der Waals surface area contributed by atoms with Crippen molar-refractivity contribution >= 4 is 11.3 Å². The molecule has 0 atom stereocenters. The molecule has 0 radical (unpaired) electrons. The number of halogens is 5. The second-order valence-electron chi connectivity index (χ2n) is 3.73. The van der Waals surface area contributed by atoms with Gasteiger partial charge in [0.2, 0.25) is 0 Å². The van der Waals surface area contributed by atoms with E-state index in [1.54, 1.807) is 0 Å². The van der Waals surface area contributed by atoms with Crippen molar-refractivity contribution in [3.8, 4) is 0 Å². The standard InChI is InChI=1S/C8H8F5N3S/c9-7(10,8(11,12)13)6-16-15-5(17-6)3-14-4-1-2-4/h4,14H,1-3H2. The second-order valence-corrected chi connectivity index (χ2v) is 4.79. The highest BCUT2D eigenvalue weighted by atomic mass is 32.1. The van der Waals surface area contributed by atoms with E-state index in [-0.39, 0.29) is 22.9 Å². The maximum absolute atomic E-state index is 12.8. The second kappa shape index (κ2) is 4.13.